The van der Waals surface area contributed by atoms with Crippen molar-refractivity contribution in [2.24, 2.45) is 0 Å². The number of allylic oxidation sites excluding steroid dienone is 1. The predicted octanol–water partition coefficient (Wildman–Crippen LogP) is 3.82. The summed E-state index contributed by atoms with van der Waals surface area (Å²) >= 11 is 1.60. The van der Waals surface area contributed by atoms with Crippen molar-refractivity contribution in [1.82, 2.24) is 15.0 Å². The lowest BCUT2D eigenvalue weighted by molar-refractivity contribution is 0.126. The van der Waals surface area contributed by atoms with Crippen molar-refractivity contribution in [3.63, 3.8) is 0 Å². The molecule has 8 nitrogen and oxygen atoms in total. The third-order valence-electron chi connectivity index (χ3n) is 4.81. The minimum absolute atomic E-state index is 0.190. The number of aliphatic hydroxyl groups is 1. The molecule has 0 unspecified atom stereocenters. The lowest BCUT2D eigenvalue weighted by atomic mass is 9.93. The highest BCUT2D eigenvalue weighted by molar-refractivity contribution is 7.17. The van der Waals surface area contributed by atoms with Gasteiger partial charge in [0.25, 0.3) is 0 Å². The van der Waals surface area contributed by atoms with E-state index in [1.165, 1.54) is 6.21 Å². The molecule has 29 heavy (non-hydrogen) atoms. The minimum Gasteiger partial charge on any atom is -0.393 e. The Hall–Kier alpha value is -3.04. The van der Waals surface area contributed by atoms with E-state index in [1.807, 2.05) is 23.6 Å². The van der Waals surface area contributed by atoms with E-state index in [0.29, 0.717) is 11.6 Å². The lowest BCUT2D eigenvalue weighted by Crippen LogP contribution is -2.28. The molecule has 3 heterocycles. The minimum atomic E-state index is -0.190. The van der Waals surface area contributed by atoms with Gasteiger partial charge in [0.05, 0.1) is 33.9 Å². The molecule has 0 bridgehead atoms. The molecule has 150 valence electrons. The molecule has 4 rings (SSSR count). The first-order chi connectivity index (χ1) is 14.2. The number of aromatic nitrogens is 3. The molecular formula is C20H23N7OS. The van der Waals surface area contributed by atoms with Crippen molar-refractivity contribution < 1.29 is 5.11 Å². The Morgan fingerprint density at radius 2 is 2.07 bits per heavy atom. The monoisotopic (exact) mass is 409 g/mol. The zero-order valence-corrected chi connectivity index (χ0v) is 16.6. The van der Waals surface area contributed by atoms with Gasteiger partial charge in [-0.05, 0) is 49.3 Å². The Balaban J connectivity index is 1.53. The molecule has 1 aliphatic carbocycles. The van der Waals surface area contributed by atoms with Crippen LogP contribution in [0, 0.1) is 5.41 Å². The van der Waals surface area contributed by atoms with Gasteiger partial charge in [0.2, 0.25) is 5.95 Å². The van der Waals surface area contributed by atoms with Gasteiger partial charge in [-0.1, -0.05) is 0 Å². The molecule has 0 spiro atoms. The van der Waals surface area contributed by atoms with Crippen LogP contribution in [0.5, 0.6) is 0 Å². The summed E-state index contributed by atoms with van der Waals surface area (Å²) in [6.45, 7) is 0. The molecular weight excluding hydrogens is 386 g/mol. The normalized spacial score (nSPS) is 19.7. The maximum Gasteiger partial charge on any atom is 0.229 e. The van der Waals surface area contributed by atoms with E-state index in [4.69, 9.17) is 5.41 Å². The van der Waals surface area contributed by atoms with Crippen LogP contribution in [0.2, 0.25) is 0 Å². The fraction of sp³-hybridized carbons (Fsp3) is 0.300. The van der Waals surface area contributed by atoms with E-state index in [9.17, 15) is 5.11 Å². The number of hydrogen-bond acceptors (Lipinski definition) is 9. The van der Waals surface area contributed by atoms with Gasteiger partial charge in [0.15, 0.2) is 0 Å². The molecule has 0 saturated heterocycles. The summed E-state index contributed by atoms with van der Waals surface area (Å²) in [4.78, 5) is 13.3. The Kier molecular flexibility index (Phi) is 5.97. The molecule has 9 heteroatoms. The quantitative estimate of drug-likeness (QED) is 0.376. The molecule has 0 aromatic carbocycles. The zero-order chi connectivity index (χ0) is 20.1. The van der Waals surface area contributed by atoms with E-state index in [-0.39, 0.29) is 12.1 Å². The fourth-order valence-electron chi connectivity index (χ4n) is 3.28. The number of hydrogen-bond donors (Lipinski definition) is 5. The first kappa shape index (κ1) is 19.3. The summed E-state index contributed by atoms with van der Waals surface area (Å²) in [7, 11) is 0. The van der Waals surface area contributed by atoms with Crippen LogP contribution >= 0.6 is 11.3 Å². The largest absolute Gasteiger partial charge is 0.393 e. The summed E-state index contributed by atoms with van der Waals surface area (Å²) in [5.74, 6) is 1.22. The fourth-order valence-corrected chi connectivity index (χ4v) is 4.07. The van der Waals surface area contributed by atoms with Crippen LogP contribution in [0.3, 0.4) is 0 Å². The van der Waals surface area contributed by atoms with Gasteiger partial charge < -0.3 is 26.5 Å². The summed E-state index contributed by atoms with van der Waals surface area (Å²) < 4.78 is 1.01. The van der Waals surface area contributed by atoms with Crippen LogP contribution < -0.4 is 16.0 Å². The van der Waals surface area contributed by atoms with Gasteiger partial charge in [0, 0.05) is 24.7 Å². The van der Waals surface area contributed by atoms with Crippen LogP contribution in [-0.2, 0) is 0 Å². The second kappa shape index (κ2) is 8.97. The average molecular weight is 410 g/mol. The molecule has 0 radical (unpaired) electrons. The number of thiophene rings is 1. The number of fused-ring (bicyclic) bond motifs is 1. The van der Waals surface area contributed by atoms with Gasteiger partial charge >= 0.3 is 0 Å². The van der Waals surface area contributed by atoms with Gasteiger partial charge in [-0.15, -0.1) is 11.3 Å². The first-order valence-corrected chi connectivity index (χ1v) is 10.4. The van der Waals surface area contributed by atoms with E-state index in [0.717, 1.165) is 47.4 Å². The first-order valence-electron chi connectivity index (χ1n) is 9.55. The van der Waals surface area contributed by atoms with Crippen LogP contribution in [0.15, 0.2) is 47.9 Å². The summed E-state index contributed by atoms with van der Waals surface area (Å²) in [5.41, 5.74) is 2.20. The van der Waals surface area contributed by atoms with Gasteiger partial charge in [-0.25, -0.2) is 4.98 Å². The van der Waals surface area contributed by atoms with Crippen molar-refractivity contribution in [3.8, 4) is 0 Å². The van der Waals surface area contributed by atoms with E-state index in [2.05, 4.69) is 30.9 Å². The van der Waals surface area contributed by atoms with Crippen molar-refractivity contribution in [1.29, 1.82) is 5.41 Å². The van der Waals surface area contributed by atoms with Crippen LogP contribution in [0.1, 0.15) is 25.7 Å². The molecule has 1 saturated carbocycles. The number of nitrogens with one attached hydrogen (secondary N) is 4. The third-order valence-corrected chi connectivity index (χ3v) is 5.72. The summed E-state index contributed by atoms with van der Waals surface area (Å²) in [5, 5.41) is 29.1. The highest BCUT2D eigenvalue weighted by Crippen LogP contribution is 2.30. The molecule has 0 amide bonds. The molecule has 3 aromatic rings. The van der Waals surface area contributed by atoms with Crippen molar-refractivity contribution >= 4 is 45.2 Å². The number of rotatable bonds is 7. The molecule has 1 fully saturated rings. The smallest absolute Gasteiger partial charge is 0.229 e. The van der Waals surface area contributed by atoms with Crippen LogP contribution in [0.25, 0.3) is 10.2 Å². The van der Waals surface area contributed by atoms with Crippen molar-refractivity contribution in [3.05, 3.63) is 47.9 Å². The third kappa shape index (κ3) is 4.87. The van der Waals surface area contributed by atoms with Crippen molar-refractivity contribution in [2.75, 3.05) is 16.0 Å². The van der Waals surface area contributed by atoms with Gasteiger partial charge in [0.1, 0.15) is 5.82 Å². The topological polar surface area (TPSA) is 119 Å². The van der Waals surface area contributed by atoms with Gasteiger partial charge in [-0.3, -0.25) is 4.98 Å². The molecule has 0 atom stereocenters. The number of anilines is 3. The van der Waals surface area contributed by atoms with E-state index in [1.54, 1.807) is 29.9 Å². The highest BCUT2D eigenvalue weighted by Gasteiger charge is 2.21. The number of nitrogens with zero attached hydrogens (tertiary/aromatic N) is 3. The highest BCUT2D eigenvalue weighted by atomic mass is 32.1. The Labute approximate surface area is 172 Å². The predicted molar refractivity (Wildman–Crippen MR) is 118 cm³/mol. The summed E-state index contributed by atoms with van der Waals surface area (Å²) in [6, 6.07) is 5.98. The summed E-state index contributed by atoms with van der Waals surface area (Å²) in [6.07, 6.45) is 9.56. The Morgan fingerprint density at radius 1 is 1.21 bits per heavy atom. The Bertz CT molecular complexity index is 996. The second-order valence-corrected chi connectivity index (χ2v) is 7.85. The number of aliphatic hydroxyl groups excluding tert-OH is 1. The van der Waals surface area contributed by atoms with Gasteiger partial charge in [-0.2, -0.15) is 4.98 Å². The molecule has 1 aliphatic rings. The number of pyridine rings is 1. The zero-order valence-electron chi connectivity index (χ0n) is 15.8. The van der Waals surface area contributed by atoms with Crippen LogP contribution in [0.4, 0.5) is 17.5 Å². The maximum absolute atomic E-state index is 9.74. The lowest BCUT2D eigenvalue weighted by Gasteiger charge is -2.26. The van der Waals surface area contributed by atoms with Crippen LogP contribution in [-0.4, -0.2) is 38.4 Å². The Morgan fingerprint density at radius 3 is 2.83 bits per heavy atom. The van der Waals surface area contributed by atoms with E-state index >= 15 is 0 Å². The van der Waals surface area contributed by atoms with Crippen molar-refractivity contribution in [2.45, 2.75) is 37.8 Å². The maximum atomic E-state index is 9.74. The molecule has 3 aromatic heterocycles. The SMILES string of the molecule is N=C/C(=C\Nc1cccnc1)Nc1nc(NC2CCC(O)CC2)c2sccc2n1. The average Bonchev–Trinajstić information content (AvgIpc) is 3.22. The second-order valence-electron chi connectivity index (χ2n) is 6.94. The molecule has 0 aliphatic heterocycles. The molecule has 5 N–H and O–H groups in total. The van der Waals surface area contributed by atoms with E-state index < -0.39 is 0 Å². The standard InChI is InChI=1S/C20H23N7OS/c21-10-15(12-23-14-2-1-8-22-11-14)25-20-26-17-7-9-29-18(17)19(27-20)24-13-3-5-16(28)6-4-13/h1-2,7-13,16,21,23,28H,3-6H2,(H2,24,25,26,27)/b15-12+,21-10?.